The van der Waals surface area contributed by atoms with Crippen LogP contribution in [0.4, 0.5) is 5.69 Å². The van der Waals surface area contributed by atoms with E-state index in [2.05, 4.69) is 15.1 Å². The van der Waals surface area contributed by atoms with Gasteiger partial charge in [0.1, 0.15) is 0 Å². The molecule has 116 valence electrons. The van der Waals surface area contributed by atoms with E-state index in [4.69, 9.17) is 0 Å². The molecule has 5 heteroatoms. The molecule has 1 amide bonds. The third-order valence-corrected chi connectivity index (χ3v) is 3.77. The lowest BCUT2D eigenvalue weighted by atomic mass is 10.2. The highest BCUT2D eigenvalue weighted by atomic mass is 16.3. The van der Waals surface area contributed by atoms with Crippen LogP contribution in [0.15, 0.2) is 30.3 Å². The van der Waals surface area contributed by atoms with Crippen LogP contribution < -0.4 is 5.32 Å². The summed E-state index contributed by atoms with van der Waals surface area (Å²) in [7, 11) is 4.07. The zero-order valence-corrected chi connectivity index (χ0v) is 12.8. The molecular formula is C16H25N3O2. The average Bonchev–Trinajstić information content (AvgIpc) is 2.77. The summed E-state index contributed by atoms with van der Waals surface area (Å²) in [6.07, 6.45) is 0.969. The molecule has 2 rings (SSSR count). The first kappa shape index (κ1) is 15.9. The quantitative estimate of drug-likeness (QED) is 0.821. The summed E-state index contributed by atoms with van der Waals surface area (Å²) in [5.41, 5.74) is 0.828. The van der Waals surface area contributed by atoms with Gasteiger partial charge in [-0.3, -0.25) is 9.69 Å². The van der Waals surface area contributed by atoms with Crippen LogP contribution in [0.3, 0.4) is 0 Å². The number of likely N-dealkylation sites (tertiary alicyclic amines) is 1. The number of nitrogens with one attached hydrogen (secondary N) is 1. The van der Waals surface area contributed by atoms with Crippen LogP contribution in [-0.2, 0) is 4.79 Å². The lowest BCUT2D eigenvalue weighted by molar-refractivity contribution is -0.116. The first-order valence-electron chi connectivity index (χ1n) is 7.46. The van der Waals surface area contributed by atoms with Crippen molar-refractivity contribution >= 4 is 11.6 Å². The van der Waals surface area contributed by atoms with Crippen molar-refractivity contribution in [2.24, 2.45) is 0 Å². The number of aliphatic hydroxyl groups excluding tert-OH is 1. The fourth-order valence-electron chi connectivity index (χ4n) is 2.83. The molecule has 2 N–H and O–H groups in total. The van der Waals surface area contributed by atoms with Gasteiger partial charge in [-0.05, 0) is 32.6 Å². The maximum atomic E-state index is 12.0. The zero-order chi connectivity index (χ0) is 15.2. The van der Waals surface area contributed by atoms with Gasteiger partial charge in [-0.2, -0.15) is 0 Å². The molecule has 1 aliphatic heterocycles. The monoisotopic (exact) mass is 291 g/mol. The van der Waals surface area contributed by atoms with Gasteiger partial charge in [0.05, 0.1) is 6.10 Å². The van der Waals surface area contributed by atoms with Gasteiger partial charge in [-0.25, -0.2) is 0 Å². The number of anilines is 1. The number of amides is 1. The third kappa shape index (κ3) is 5.12. The van der Waals surface area contributed by atoms with E-state index in [1.807, 2.05) is 44.4 Å². The highest BCUT2D eigenvalue weighted by Gasteiger charge is 2.30. The van der Waals surface area contributed by atoms with E-state index in [0.29, 0.717) is 25.6 Å². The van der Waals surface area contributed by atoms with Gasteiger partial charge in [-0.1, -0.05) is 18.2 Å². The first-order valence-corrected chi connectivity index (χ1v) is 7.46. The predicted octanol–water partition coefficient (Wildman–Crippen LogP) is 1.01. The van der Waals surface area contributed by atoms with Crippen LogP contribution in [0.25, 0.3) is 0 Å². The van der Waals surface area contributed by atoms with Crippen LogP contribution in [0.1, 0.15) is 12.8 Å². The van der Waals surface area contributed by atoms with Crippen molar-refractivity contribution in [1.82, 2.24) is 9.80 Å². The summed E-state index contributed by atoms with van der Waals surface area (Å²) in [6, 6.07) is 9.82. The van der Waals surface area contributed by atoms with Crippen molar-refractivity contribution in [2.75, 3.05) is 39.0 Å². The number of aliphatic hydroxyl groups is 1. The molecule has 0 saturated carbocycles. The Balaban J connectivity index is 1.79. The zero-order valence-electron chi connectivity index (χ0n) is 12.8. The molecule has 1 aromatic carbocycles. The number of hydrogen-bond donors (Lipinski definition) is 2. The average molecular weight is 291 g/mol. The molecule has 1 saturated heterocycles. The fraction of sp³-hybridized carbons (Fsp3) is 0.562. The van der Waals surface area contributed by atoms with Crippen molar-refractivity contribution in [3.8, 4) is 0 Å². The SMILES string of the molecule is CN(C)CC1CC(O)CN1CCC(=O)Nc1ccccc1. The molecule has 0 bridgehead atoms. The fourth-order valence-corrected chi connectivity index (χ4v) is 2.83. The summed E-state index contributed by atoms with van der Waals surface area (Å²) < 4.78 is 0. The molecule has 1 aromatic rings. The molecule has 0 radical (unpaired) electrons. The summed E-state index contributed by atoms with van der Waals surface area (Å²) >= 11 is 0. The number of β-amino-alcohol motifs (C(OH)–C–C–N with tert-alkyl or cyclic N) is 1. The Bertz CT molecular complexity index is 450. The van der Waals surface area contributed by atoms with Crippen LogP contribution in [0.2, 0.25) is 0 Å². The predicted molar refractivity (Wildman–Crippen MR) is 84.2 cm³/mol. The van der Waals surface area contributed by atoms with E-state index in [0.717, 1.165) is 18.7 Å². The number of carbonyl (C=O) groups excluding carboxylic acids is 1. The second-order valence-corrected chi connectivity index (χ2v) is 5.96. The maximum Gasteiger partial charge on any atom is 0.225 e. The molecule has 0 aromatic heterocycles. The Morgan fingerprint density at radius 2 is 2.10 bits per heavy atom. The topological polar surface area (TPSA) is 55.8 Å². The first-order chi connectivity index (χ1) is 10.0. The minimum Gasteiger partial charge on any atom is -0.392 e. The van der Waals surface area contributed by atoms with Gasteiger partial charge in [0, 0.05) is 37.8 Å². The minimum atomic E-state index is -0.271. The number of carbonyl (C=O) groups is 1. The van der Waals surface area contributed by atoms with E-state index in [9.17, 15) is 9.90 Å². The lowest BCUT2D eigenvalue weighted by Crippen LogP contribution is -2.39. The molecule has 5 nitrogen and oxygen atoms in total. The largest absolute Gasteiger partial charge is 0.392 e. The van der Waals surface area contributed by atoms with E-state index in [1.165, 1.54) is 0 Å². The Labute approximate surface area is 126 Å². The summed E-state index contributed by atoms with van der Waals surface area (Å²) in [5.74, 6) is 0.0196. The van der Waals surface area contributed by atoms with E-state index in [1.54, 1.807) is 0 Å². The summed E-state index contributed by atoms with van der Waals surface area (Å²) in [6.45, 7) is 2.27. The molecule has 21 heavy (non-hydrogen) atoms. The highest BCUT2D eigenvalue weighted by molar-refractivity contribution is 5.90. The van der Waals surface area contributed by atoms with Crippen molar-refractivity contribution in [3.63, 3.8) is 0 Å². The Morgan fingerprint density at radius 3 is 2.76 bits per heavy atom. The van der Waals surface area contributed by atoms with Gasteiger partial charge in [-0.15, -0.1) is 0 Å². The Morgan fingerprint density at radius 1 is 1.38 bits per heavy atom. The van der Waals surface area contributed by atoms with Gasteiger partial charge in [0.15, 0.2) is 0 Å². The minimum absolute atomic E-state index is 0.0196. The third-order valence-electron chi connectivity index (χ3n) is 3.77. The molecule has 0 aliphatic carbocycles. The Hall–Kier alpha value is -1.43. The van der Waals surface area contributed by atoms with Crippen molar-refractivity contribution in [2.45, 2.75) is 25.0 Å². The van der Waals surface area contributed by atoms with Crippen LogP contribution in [0.5, 0.6) is 0 Å². The van der Waals surface area contributed by atoms with Gasteiger partial charge < -0.3 is 15.3 Å². The number of likely N-dealkylation sites (N-methyl/N-ethyl adjacent to an activating group) is 1. The van der Waals surface area contributed by atoms with E-state index < -0.39 is 0 Å². The second kappa shape index (κ2) is 7.54. The number of hydrogen-bond acceptors (Lipinski definition) is 4. The van der Waals surface area contributed by atoms with E-state index in [-0.39, 0.29) is 12.0 Å². The molecule has 0 spiro atoms. The van der Waals surface area contributed by atoms with Crippen LogP contribution >= 0.6 is 0 Å². The molecule has 1 heterocycles. The molecule has 1 aliphatic rings. The van der Waals surface area contributed by atoms with Gasteiger partial charge in [0.2, 0.25) is 5.91 Å². The maximum absolute atomic E-state index is 12.0. The van der Waals surface area contributed by atoms with Crippen LogP contribution in [-0.4, -0.2) is 66.7 Å². The molecule has 2 atom stereocenters. The summed E-state index contributed by atoms with van der Waals surface area (Å²) in [4.78, 5) is 16.3. The highest BCUT2D eigenvalue weighted by Crippen LogP contribution is 2.18. The normalized spacial score (nSPS) is 22.7. The molecule has 2 unspecified atom stereocenters. The van der Waals surface area contributed by atoms with E-state index >= 15 is 0 Å². The standard InChI is InChI=1S/C16H25N3O2/c1-18(2)11-14-10-15(20)12-19(14)9-8-16(21)17-13-6-4-3-5-7-13/h3-7,14-15,20H,8-12H2,1-2H3,(H,17,21). The second-order valence-electron chi connectivity index (χ2n) is 5.96. The lowest BCUT2D eigenvalue weighted by Gasteiger charge is -2.26. The smallest absolute Gasteiger partial charge is 0.225 e. The molecular weight excluding hydrogens is 266 g/mol. The summed E-state index contributed by atoms with van der Waals surface area (Å²) in [5, 5.41) is 12.7. The van der Waals surface area contributed by atoms with Crippen molar-refractivity contribution < 1.29 is 9.90 Å². The number of para-hydroxylation sites is 1. The Kier molecular flexibility index (Phi) is 5.73. The van der Waals surface area contributed by atoms with Crippen molar-refractivity contribution in [3.05, 3.63) is 30.3 Å². The van der Waals surface area contributed by atoms with Gasteiger partial charge >= 0.3 is 0 Å². The number of rotatable bonds is 6. The number of nitrogens with zero attached hydrogens (tertiary/aromatic N) is 2. The molecule has 1 fully saturated rings. The van der Waals surface area contributed by atoms with Crippen molar-refractivity contribution in [1.29, 1.82) is 0 Å². The van der Waals surface area contributed by atoms with Gasteiger partial charge in [0.25, 0.3) is 0 Å². The van der Waals surface area contributed by atoms with Crippen LogP contribution in [0, 0.1) is 0 Å². The number of benzene rings is 1.